The number of methoxy groups -OCH3 is 2. The summed E-state index contributed by atoms with van der Waals surface area (Å²) in [5, 5.41) is 12.4. The molecule has 7 nitrogen and oxygen atoms in total. The maximum Gasteiger partial charge on any atom is 0.336 e. The Morgan fingerprint density at radius 2 is 1.54 bits per heavy atom. The first-order chi connectivity index (χ1) is 11.5. The molecule has 1 aliphatic heterocycles. The summed E-state index contributed by atoms with van der Waals surface area (Å²) >= 11 is 0. The van der Waals surface area contributed by atoms with Crippen molar-refractivity contribution in [2.75, 3.05) is 19.7 Å². The highest BCUT2D eigenvalue weighted by molar-refractivity contribution is 6.00. The zero-order valence-corrected chi connectivity index (χ0v) is 14.0. The van der Waals surface area contributed by atoms with E-state index in [0.29, 0.717) is 22.6 Å². The Morgan fingerprint density at radius 1 is 1.04 bits per heavy atom. The van der Waals surface area contributed by atoms with Crippen molar-refractivity contribution in [2.45, 2.75) is 19.8 Å². The van der Waals surface area contributed by atoms with E-state index in [1.54, 1.807) is 38.1 Å². The summed E-state index contributed by atoms with van der Waals surface area (Å²) in [6, 6.07) is 6.85. The standard InChI is InChI=1S/C17H20N2O5/c1-9-13(16(20)23-3)15(11-7-5-6-8-12(11)19-22)14(10(2)18-9)17(21)24-4/h5-8,15,18-19,22H,1-4H3. The van der Waals surface area contributed by atoms with Gasteiger partial charge in [-0.2, -0.15) is 0 Å². The number of ether oxygens (including phenoxy) is 2. The van der Waals surface area contributed by atoms with Crippen LogP contribution >= 0.6 is 0 Å². The van der Waals surface area contributed by atoms with Gasteiger partial charge in [0.05, 0.1) is 37.0 Å². The Balaban J connectivity index is 2.75. The van der Waals surface area contributed by atoms with Gasteiger partial charge in [-0.3, -0.25) is 10.7 Å². The van der Waals surface area contributed by atoms with Crippen LogP contribution in [0.1, 0.15) is 25.3 Å². The Morgan fingerprint density at radius 3 is 2.00 bits per heavy atom. The minimum absolute atomic E-state index is 0.284. The van der Waals surface area contributed by atoms with Crippen molar-refractivity contribution in [1.29, 1.82) is 0 Å². The van der Waals surface area contributed by atoms with Crippen LogP contribution in [0.3, 0.4) is 0 Å². The molecule has 0 saturated heterocycles. The van der Waals surface area contributed by atoms with Crippen LogP contribution in [0.5, 0.6) is 0 Å². The zero-order valence-electron chi connectivity index (χ0n) is 14.0. The fourth-order valence-electron chi connectivity index (χ4n) is 2.92. The van der Waals surface area contributed by atoms with E-state index in [4.69, 9.17) is 9.47 Å². The molecule has 0 unspecified atom stereocenters. The molecule has 0 aliphatic carbocycles. The third kappa shape index (κ3) is 2.98. The molecule has 1 heterocycles. The number of carbonyl (C=O) groups excluding carboxylic acids is 2. The van der Waals surface area contributed by atoms with Crippen LogP contribution < -0.4 is 10.8 Å². The van der Waals surface area contributed by atoms with Crippen LogP contribution in [0.4, 0.5) is 5.69 Å². The fourth-order valence-corrected chi connectivity index (χ4v) is 2.92. The van der Waals surface area contributed by atoms with Gasteiger partial charge in [-0.25, -0.2) is 9.59 Å². The second-order valence-electron chi connectivity index (χ2n) is 5.32. The minimum atomic E-state index is -0.734. The highest BCUT2D eigenvalue weighted by atomic mass is 16.5. The molecule has 1 aliphatic rings. The first kappa shape index (κ1) is 17.6. The molecule has 0 saturated carbocycles. The van der Waals surface area contributed by atoms with E-state index in [-0.39, 0.29) is 11.1 Å². The molecule has 2 rings (SSSR count). The predicted molar refractivity (Wildman–Crippen MR) is 87.2 cm³/mol. The first-order valence-corrected chi connectivity index (χ1v) is 7.30. The second-order valence-corrected chi connectivity index (χ2v) is 5.32. The summed E-state index contributed by atoms with van der Waals surface area (Å²) in [5.74, 6) is -1.86. The van der Waals surface area contributed by atoms with Gasteiger partial charge < -0.3 is 14.8 Å². The van der Waals surface area contributed by atoms with Crippen molar-refractivity contribution in [1.82, 2.24) is 5.32 Å². The number of hydrogen-bond acceptors (Lipinski definition) is 7. The third-order valence-corrected chi connectivity index (χ3v) is 3.96. The van der Waals surface area contributed by atoms with Crippen LogP contribution in [0, 0.1) is 0 Å². The fraction of sp³-hybridized carbons (Fsp3) is 0.294. The molecule has 3 N–H and O–H groups in total. The van der Waals surface area contributed by atoms with Crippen LogP contribution in [0.25, 0.3) is 0 Å². The highest BCUT2D eigenvalue weighted by Crippen LogP contribution is 2.41. The molecular formula is C17H20N2O5. The number of benzene rings is 1. The lowest BCUT2D eigenvalue weighted by molar-refractivity contribution is -0.137. The average Bonchev–Trinajstić information content (AvgIpc) is 2.59. The molecule has 1 aromatic carbocycles. The molecule has 128 valence electrons. The van der Waals surface area contributed by atoms with E-state index in [0.717, 1.165) is 0 Å². The smallest absolute Gasteiger partial charge is 0.336 e. The molecule has 1 aromatic rings. The summed E-state index contributed by atoms with van der Waals surface area (Å²) in [6.45, 7) is 3.46. The summed E-state index contributed by atoms with van der Waals surface area (Å²) in [7, 11) is 2.55. The number of nitrogens with one attached hydrogen (secondary N) is 2. The van der Waals surface area contributed by atoms with Crippen molar-refractivity contribution in [3.05, 3.63) is 52.4 Å². The predicted octanol–water partition coefficient (Wildman–Crippen LogP) is 2.07. The molecule has 24 heavy (non-hydrogen) atoms. The Bertz CT molecular complexity index is 698. The normalized spacial score (nSPS) is 15.0. The SMILES string of the molecule is COC(=O)C1=C(C)NC(C)=C(C(=O)OC)C1c1ccccc1NO. The summed E-state index contributed by atoms with van der Waals surface area (Å²) in [4.78, 5) is 24.7. The average molecular weight is 332 g/mol. The number of esters is 2. The molecule has 0 radical (unpaired) electrons. The van der Waals surface area contributed by atoms with Crippen molar-refractivity contribution in [3.8, 4) is 0 Å². The molecular weight excluding hydrogens is 312 g/mol. The molecule has 0 aromatic heterocycles. The maximum absolute atomic E-state index is 12.3. The number of anilines is 1. The zero-order chi connectivity index (χ0) is 17.9. The molecule has 0 spiro atoms. The van der Waals surface area contributed by atoms with Gasteiger partial charge in [-0.15, -0.1) is 0 Å². The van der Waals surface area contributed by atoms with Crippen molar-refractivity contribution in [3.63, 3.8) is 0 Å². The van der Waals surface area contributed by atoms with Gasteiger partial charge in [-0.05, 0) is 25.5 Å². The molecule has 0 bridgehead atoms. The number of rotatable bonds is 4. The maximum atomic E-state index is 12.3. The van der Waals surface area contributed by atoms with Gasteiger partial charge in [-0.1, -0.05) is 18.2 Å². The van der Waals surface area contributed by atoms with E-state index in [1.165, 1.54) is 14.2 Å². The molecule has 0 amide bonds. The van der Waals surface area contributed by atoms with Crippen LogP contribution in [0.15, 0.2) is 46.8 Å². The quantitative estimate of drug-likeness (QED) is 0.573. The first-order valence-electron chi connectivity index (χ1n) is 7.30. The van der Waals surface area contributed by atoms with Gasteiger partial charge in [0.25, 0.3) is 0 Å². The van der Waals surface area contributed by atoms with Crippen LogP contribution in [0.2, 0.25) is 0 Å². The van der Waals surface area contributed by atoms with Gasteiger partial charge >= 0.3 is 11.9 Å². The lowest BCUT2D eigenvalue weighted by Gasteiger charge is -2.30. The van der Waals surface area contributed by atoms with Crippen LogP contribution in [-0.4, -0.2) is 31.4 Å². The van der Waals surface area contributed by atoms with E-state index < -0.39 is 17.9 Å². The van der Waals surface area contributed by atoms with E-state index in [2.05, 4.69) is 10.8 Å². The summed E-state index contributed by atoms with van der Waals surface area (Å²) < 4.78 is 9.78. The van der Waals surface area contributed by atoms with Crippen molar-refractivity contribution in [2.24, 2.45) is 0 Å². The van der Waals surface area contributed by atoms with Gasteiger partial charge in [0.15, 0.2) is 0 Å². The Labute approximate surface area is 139 Å². The lowest BCUT2D eigenvalue weighted by Crippen LogP contribution is -2.32. The number of carbonyl (C=O) groups is 2. The Kier molecular flexibility index (Phi) is 5.25. The van der Waals surface area contributed by atoms with Gasteiger partial charge in [0, 0.05) is 11.4 Å². The summed E-state index contributed by atoms with van der Waals surface area (Å²) in [5.41, 5.74) is 4.76. The molecule has 0 fully saturated rings. The minimum Gasteiger partial charge on any atom is -0.466 e. The largest absolute Gasteiger partial charge is 0.466 e. The number of para-hydroxylation sites is 1. The van der Waals surface area contributed by atoms with E-state index in [1.807, 2.05) is 0 Å². The van der Waals surface area contributed by atoms with Crippen molar-refractivity contribution >= 4 is 17.6 Å². The number of allylic oxidation sites excluding steroid dienone is 2. The van der Waals surface area contributed by atoms with E-state index >= 15 is 0 Å². The Hall–Kier alpha value is -2.80. The number of hydrogen-bond donors (Lipinski definition) is 3. The molecule has 0 atom stereocenters. The van der Waals surface area contributed by atoms with Crippen molar-refractivity contribution < 1.29 is 24.3 Å². The number of dihydropyridines is 1. The van der Waals surface area contributed by atoms with E-state index in [9.17, 15) is 14.8 Å². The second kappa shape index (κ2) is 7.18. The lowest BCUT2D eigenvalue weighted by atomic mass is 9.79. The monoisotopic (exact) mass is 332 g/mol. The van der Waals surface area contributed by atoms with Crippen LogP contribution in [-0.2, 0) is 19.1 Å². The summed E-state index contributed by atoms with van der Waals surface area (Å²) in [6.07, 6.45) is 0. The molecule has 7 heteroatoms. The van der Waals surface area contributed by atoms with Gasteiger partial charge in [0.2, 0.25) is 0 Å². The third-order valence-electron chi connectivity index (χ3n) is 3.96. The highest BCUT2D eigenvalue weighted by Gasteiger charge is 2.38. The van der Waals surface area contributed by atoms with Gasteiger partial charge in [0.1, 0.15) is 0 Å². The topological polar surface area (TPSA) is 96.9 Å².